The highest BCUT2D eigenvalue weighted by molar-refractivity contribution is 9.11. The number of halogens is 1. The van der Waals surface area contributed by atoms with Gasteiger partial charge in [0, 0.05) is 24.0 Å². The predicted molar refractivity (Wildman–Crippen MR) is 82.0 cm³/mol. The van der Waals surface area contributed by atoms with Gasteiger partial charge in [0.25, 0.3) is 0 Å². The number of piperidine rings is 1. The molecular formula is C12H19BrN2O2S2. The van der Waals surface area contributed by atoms with Gasteiger partial charge in [0.05, 0.1) is 3.79 Å². The first-order valence-electron chi connectivity index (χ1n) is 6.41. The van der Waals surface area contributed by atoms with Crippen molar-refractivity contribution in [2.75, 3.05) is 13.6 Å². The lowest BCUT2D eigenvalue weighted by molar-refractivity contribution is 0.268. The molecule has 0 amide bonds. The zero-order valence-electron chi connectivity index (χ0n) is 11.1. The van der Waals surface area contributed by atoms with E-state index in [1.807, 2.05) is 14.0 Å². The molecule has 19 heavy (non-hydrogen) atoms. The van der Waals surface area contributed by atoms with E-state index in [9.17, 15) is 8.42 Å². The Morgan fingerprint density at radius 3 is 2.89 bits per heavy atom. The molecule has 1 aliphatic rings. The van der Waals surface area contributed by atoms with Gasteiger partial charge in [-0.15, -0.1) is 11.3 Å². The van der Waals surface area contributed by atoms with Crippen LogP contribution in [0.5, 0.6) is 0 Å². The largest absolute Gasteiger partial charge is 0.315 e. The van der Waals surface area contributed by atoms with Crippen LogP contribution in [0.15, 0.2) is 14.7 Å². The van der Waals surface area contributed by atoms with Gasteiger partial charge >= 0.3 is 0 Å². The van der Waals surface area contributed by atoms with Crippen LogP contribution < -0.4 is 5.32 Å². The van der Waals surface area contributed by atoms with Crippen molar-refractivity contribution in [2.45, 2.75) is 43.7 Å². The van der Waals surface area contributed by atoms with Crippen molar-refractivity contribution in [1.82, 2.24) is 9.62 Å². The average molecular weight is 367 g/mol. The van der Waals surface area contributed by atoms with E-state index in [4.69, 9.17) is 0 Å². The molecule has 1 unspecified atom stereocenters. The van der Waals surface area contributed by atoms with Crippen LogP contribution in [0.1, 0.15) is 31.1 Å². The molecule has 0 aliphatic carbocycles. The van der Waals surface area contributed by atoms with Gasteiger partial charge in [-0.25, -0.2) is 8.42 Å². The number of nitrogens with zero attached hydrogens (tertiary/aromatic N) is 1. The summed E-state index contributed by atoms with van der Waals surface area (Å²) in [5.41, 5.74) is 0. The van der Waals surface area contributed by atoms with Gasteiger partial charge in [0.1, 0.15) is 4.90 Å². The van der Waals surface area contributed by atoms with Crippen LogP contribution in [0.2, 0.25) is 0 Å². The summed E-state index contributed by atoms with van der Waals surface area (Å²) in [6, 6.07) is 1.88. The molecule has 1 aliphatic heterocycles. The molecule has 0 radical (unpaired) electrons. The van der Waals surface area contributed by atoms with Gasteiger partial charge in [-0.05, 0) is 48.8 Å². The molecule has 1 atom stereocenters. The first kappa shape index (κ1) is 15.4. The lowest BCUT2D eigenvalue weighted by Gasteiger charge is -2.32. The Labute approximate surface area is 127 Å². The molecule has 1 N–H and O–H groups in total. The third kappa shape index (κ3) is 3.21. The van der Waals surface area contributed by atoms with Crippen molar-refractivity contribution in [3.05, 3.63) is 14.7 Å². The first-order valence-corrected chi connectivity index (χ1v) is 9.46. The molecule has 7 heteroatoms. The maximum atomic E-state index is 12.7. The lowest BCUT2D eigenvalue weighted by atomic mass is 10.1. The number of hydrogen-bond acceptors (Lipinski definition) is 4. The number of hydrogen-bond donors (Lipinski definition) is 1. The van der Waals surface area contributed by atoms with Crippen molar-refractivity contribution in [2.24, 2.45) is 0 Å². The molecule has 4 nitrogen and oxygen atoms in total. The summed E-state index contributed by atoms with van der Waals surface area (Å²) in [4.78, 5) is 1.44. The van der Waals surface area contributed by atoms with E-state index in [0.717, 1.165) is 24.1 Å². The normalized spacial score (nSPS) is 21.7. The molecule has 108 valence electrons. The standard InChI is InChI=1S/C12H19BrN2O2S2/c1-9-5-3-4-6-15(9)19(16,17)11-7-10(8-14-2)18-12(11)13/h7,9,14H,3-6,8H2,1-2H3. The van der Waals surface area contributed by atoms with Crippen LogP contribution in [0.4, 0.5) is 0 Å². The third-order valence-corrected chi connectivity index (χ3v) is 7.65. The molecule has 0 saturated carbocycles. The fourth-order valence-electron chi connectivity index (χ4n) is 2.39. The van der Waals surface area contributed by atoms with Gasteiger partial charge in [-0.2, -0.15) is 4.31 Å². The molecule has 1 fully saturated rings. The van der Waals surface area contributed by atoms with Crippen LogP contribution in [0.3, 0.4) is 0 Å². The van der Waals surface area contributed by atoms with Gasteiger partial charge in [-0.3, -0.25) is 0 Å². The Hall–Kier alpha value is 0.0500. The smallest absolute Gasteiger partial charge is 0.245 e. The van der Waals surface area contributed by atoms with Gasteiger partial charge in [0.2, 0.25) is 10.0 Å². The second kappa shape index (κ2) is 6.22. The lowest BCUT2D eigenvalue weighted by Crippen LogP contribution is -2.41. The second-order valence-electron chi connectivity index (χ2n) is 4.84. The molecule has 0 aromatic carbocycles. The number of sulfonamides is 1. The first-order chi connectivity index (χ1) is 8.96. The predicted octanol–water partition coefficient (Wildman–Crippen LogP) is 2.79. The zero-order chi connectivity index (χ0) is 14.0. The molecule has 2 rings (SSSR count). The highest BCUT2D eigenvalue weighted by atomic mass is 79.9. The van der Waals surface area contributed by atoms with E-state index in [0.29, 0.717) is 21.8 Å². The Kier molecular flexibility index (Phi) is 5.05. The SMILES string of the molecule is CNCc1cc(S(=O)(=O)N2CCCCC2C)c(Br)s1. The molecular weight excluding hydrogens is 348 g/mol. The number of thiophene rings is 1. The second-order valence-corrected chi connectivity index (χ2v) is 9.16. The monoisotopic (exact) mass is 366 g/mol. The average Bonchev–Trinajstić information content (AvgIpc) is 2.72. The van der Waals surface area contributed by atoms with Crippen LogP contribution in [0, 0.1) is 0 Å². The van der Waals surface area contributed by atoms with Crippen LogP contribution in [-0.4, -0.2) is 32.4 Å². The third-order valence-electron chi connectivity index (χ3n) is 3.39. The Bertz CT molecular complexity index is 542. The van der Waals surface area contributed by atoms with Crippen molar-refractivity contribution in [3.8, 4) is 0 Å². The minimum Gasteiger partial charge on any atom is -0.315 e. The number of nitrogens with one attached hydrogen (secondary N) is 1. The van der Waals surface area contributed by atoms with Crippen molar-refractivity contribution in [1.29, 1.82) is 0 Å². The van der Waals surface area contributed by atoms with Crippen molar-refractivity contribution in [3.63, 3.8) is 0 Å². The Balaban J connectivity index is 2.33. The highest BCUT2D eigenvalue weighted by Gasteiger charge is 2.33. The fourth-order valence-corrected chi connectivity index (χ4v) is 6.74. The van der Waals surface area contributed by atoms with Gasteiger partial charge < -0.3 is 5.32 Å². The van der Waals surface area contributed by atoms with E-state index in [-0.39, 0.29) is 6.04 Å². The summed E-state index contributed by atoms with van der Waals surface area (Å²) in [5, 5.41) is 3.05. The van der Waals surface area contributed by atoms with E-state index in [2.05, 4.69) is 21.2 Å². The minimum atomic E-state index is -3.37. The van der Waals surface area contributed by atoms with Crippen molar-refractivity contribution >= 4 is 37.3 Å². The number of rotatable bonds is 4. The summed E-state index contributed by atoms with van der Waals surface area (Å²) >= 11 is 4.87. The van der Waals surface area contributed by atoms with E-state index >= 15 is 0 Å². The highest BCUT2D eigenvalue weighted by Crippen LogP contribution is 2.35. The maximum absolute atomic E-state index is 12.7. The molecule has 1 saturated heterocycles. The fraction of sp³-hybridized carbons (Fsp3) is 0.667. The van der Waals surface area contributed by atoms with E-state index in [1.165, 1.54) is 11.3 Å². The minimum absolute atomic E-state index is 0.0956. The quantitative estimate of drug-likeness (QED) is 0.890. The van der Waals surface area contributed by atoms with E-state index < -0.39 is 10.0 Å². The maximum Gasteiger partial charge on any atom is 0.245 e. The molecule has 0 bridgehead atoms. The molecule has 1 aromatic heterocycles. The topological polar surface area (TPSA) is 49.4 Å². The van der Waals surface area contributed by atoms with Crippen LogP contribution >= 0.6 is 27.3 Å². The summed E-state index contributed by atoms with van der Waals surface area (Å²) in [6.45, 7) is 3.31. The van der Waals surface area contributed by atoms with Crippen molar-refractivity contribution < 1.29 is 8.42 Å². The Morgan fingerprint density at radius 2 is 2.26 bits per heavy atom. The summed E-state index contributed by atoms with van der Waals surface area (Å²) in [6.07, 6.45) is 3.02. The molecule has 1 aromatic rings. The summed E-state index contributed by atoms with van der Waals surface area (Å²) in [5.74, 6) is 0. The van der Waals surface area contributed by atoms with Gasteiger partial charge in [-0.1, -0.05) is 6.42 Å². The van der Waals surface area contributed by atoms with Crippen LogP contribution in [0.25, 0.3) is 0 Å². The molecule has 0 spiro atoms. The van der Waals surface area contributed by atoms with E-state index in [1.54, 1.807) is 10.4 Å². The summed E-state index contributed by atoms with van der Waals surface area (Å²) in [7, 11) is -1.51. The Morgan fingerprint density at radius 1 is 1.53 bits per heavy atom. The summed E-state index contributed by atoms with van der Waals surface area (Å²) < 4.78 is 27.8. The van der Waals surface area contributed by atoms with Gasteiger partial charge in [0.15, 0.2) is 0 Å². The molecule has 2 heterocycles. The zero-order valence-corrected chi connectivity index (χ0v) is 14.4. The van der Waals surface area contributed by atoms with Crippen LogP contribution in [-0.2, 0) is 16.6 Å².